The van der Waals surface area contributed by atoms with Crippen molar-refractivity contribution in [3.63, 3.8) is 0 Å². The SMILES string of the molecule is C=C(C)C(NN)c1ccc(Cl)c(Cl)c1. The molecule has 14 heavy (non-hydrogen) atoms. The molecule has 0 aliphatic rings. The number of rotatable bonds is 3. The number of nitrogens with one attached hydrogen (secondary N) is 1. The smallest absolute Gasteiger partial charge is 0.0665 e. The molecule has 0 bridgehead atoms. The van der Waals surface area contributed by atoms with Crippen molar-refractivity contribution < 1.29 is 0 Å². The van der Waals surface area contributed by atoms with E-state index in [1.165, 1.54) is 0 Å². The highest BCUT2D eigenvalue weighted by Gasteiger charge is 2.11. The summed E-state index contributed by atoms with van der Waals surface area (Å²) in [6, 6.07) is 5.30. The van der Waals surface area contributed by atoms with Gasteiger partial charge in [0, 0.05) is 0 Å². The third-order valence-corrected chi connectivity index (χ3v) is 2.68. The molecule has 2 nitrogen and oxygen atoms in total. The third kappa shape index (κ3) is 2.49. The maximum atomic E-state index is 5.89. The van der Waals surface area contributed by atoms with Crippen LogP contribution in [0.25, 0.3) is 0 Å². The molecule has 0 fully saturated rings. The lowest BCUT2D eigenvalue weighted by atomic mass is 10.0. The van der Waals surface area contributed by atoms with Crippen LogP contribution in [0.1, 0.15) is 18.5 Å². The molecule has 0 saturated heterocycles. The van der Waals surface area contributed by atoms with Gasteiger partial charge in [-0.15, -0.1) is 0 Å². The largest absolute Gasteiger partial charge is 0.271 e. The van der Waals surface area contributed by atoms with Gasteiger partial charge in [0.05, 0.1) is 16.1 Å². The van der Waals surface area contributed by atoms with Gasteiger partial charge in [-0.2, -0.15) is 0 Å². The summed E-state index contributed by atoms with van der Waals surface area (Å²) < 4.78 is 0. The second-order valence-electron chi connectivity index (χ2n) is 3.12. The number of hydrogen-bond acceptors (Lipinski definition) is 2. The molecule has 0 aliphatic heterocycles. The lowest BCUT2D eigenvalue weighted by molar-refractivity contribution is 0.627. The molecule has 0 aromatic heterocycles. The van der Waals surface area contributed by atoms with Gasteiger partial charge >= 0.3 is 0 Å². The Labute approximate surface area is 93.7 Å². The van der Waals surface area contributed by atoms with Crippen LogP contribution in [0.15, 0.2) is 30.4 Å². The van der Waals surface area contributed by atoms with Crippen LogP contribution in [-0.2, 0) is 0 Å². The number of halogens is 2. The van der Waals surface area contributed by atoms with Gasteiger partial charge in [-0.3, -0.25) is 5.84 Å². The first-order valence-corrected chi connectivity index (χ1v) is 4.88. The molecule has 1 rings (SSSR count). The Morgan fingerprint density at radius 1 is 1.43 bits per heavy atom. The van der Waals surface area contributed by atoms with Gasteiger partial charge < -0.3 is 0 Å². The van der Waals surface area contributed by atoms with E-state index in [-0.39, 0.29) is 6.04 Å². The van der Waals surface area contributed by atoms with Crippen molar-refractivity contribution >= 4 is 23.2 Å². The topological polar surface area (TPSA) is 38.0 Å². The van der Waals surface area contributed by atoms with Gasteiger partial charge in [0.25, 0.3) is 0 Å². The summed E-state index contributed by atoms with van der Waals surface area (Å²) in [6.07, 6.45) is 0. The van der Waals surface area contributed by atoms with Crippen LogP contribution >= 0.6 is 23.2 Å². The fourth-order valence-corrected chi connectivity index (χ4v) is 1.52. The van der Waals surface area contributed by atoms with E-state index in [4.69, 9.17) is 29.0 Å². The molecule has 76 valence electrons. The van der Waals surface area contributed by atoms with E-state index in [0.717, 1.165) is 11.1 Å². The lowest BCUT2D eigenvalue weighted by Crippen LogP contribution is -2.28. The minimum atomic E-state index is -0.0928. The van der Waals surface area contributed by atoms with Crippen LogP contribution < -0.4 is 11.3 Å². The highest BCUT2D eigenvalue weighted by atomic mass is 35.5. The molecule has 0 heterocycles. The maximum absolute atomic E-state index is 5.89. The highest BCUT2D eigenvalue weighted by Crippen LogP contribution is 2.27. The van der Waals surface area contributed by atoms with E-state index in [9.17, 15) is 0 Å². The summed E-state index contributed by atoms with van der Waals surface area (Å²) in [7, 11) is 0. The minimum Gasteiger partial charge on any atom is -0.271 e. The normalized spacial score (nSPS) is 12.6. The number of benzene rings is 1. The zero-order chi connectivity index (χ0) is 10.7. The molecule has 1 unspecified atom stereocenters. The molecule has 1 aromatic carbocycles. The minimum absolute atomic E-state index is 0.0928. The fraction of sp³-hybridized carbons (Fsp3) is 0.200. The van der Waals surface area contributed by atoms with Crippen molar-refractivity contribution in [1.29, 1.82) is 0 Å². The number of nitrogens with two attached hydrogens (primary N) is 1. The van der Waals surface area contributed by atoms with Gasteiger partial charge in [-0.25, -0.2) is 5.43 Å². The summed E-state index contributed by atoms with van der Waals surface area (Å²) in [5.74, 6) is 5.41. The Bertz CT molecular complexity index is 350. The summed E-state index contributed by atoms with van der Waals surface area (Å²) in [5.41, 5.74) is 4.54. The Balaban J connectivity index is 3.06. The van der Waals surface area contributed by atoms with E-state index >= 15 is 0 Å². The average molecular weight is 231 g/mol. The van der Waals surface area contributed by atoms with Crippen LogP contribution in [0.5, 0.6) is 0 Å². The van der Waals surface area contributed by atoms with Crippen LogP contribution in [0.2, 0.25) is 10.0 Å². The Morgan fingerprint density at radius 3 is 2.50 bits per heavy atom. The lowest BCUT2D eigenvalue weighted by Gasteiger charge is -2.16. The van der Waals surface area contributed by atoms with Crippen LogP contribution in [-0.4, -0.2) is 0 Å². The van der Waals surface area contributed by atoms with Crippen molar-refractivity contribution in [2.45, 2.75) is 13.0 Å². The summed E-state index contributed by atoms with van der Waals surface area (Å²) >= 11 is 11.7. The predicted octanol–water partition coefficient (Wildman–Crippen LogP) is 3.07. The standard InChI is InChI=1S/C10H12Cl2N2/c1-6(2)10(14-13)7-3-4-8(11)9(12)5-7/h3-5,10,14H,1,13H2,2H3. The van der Waals surface area contributed by atoms with E-state index in [0.29, 0.717) is 10.0 Å². The first kappa shape index (κ1) is 11.5. The first-order chi connectivity index (χ1) is 6.56. The van der Waals surface area contributed by atoms with E-state index in [1.54, 1.807) is 12.1 Å². The van der Waals surface area contributed by atoms with Crippen LogP contribution in [0.4, 0.5) is 0 Å². The molecule has 1 atom stereocenters. The van der Waals surface area contributed by atoms with Gasteiger partial charge in [0.1, 0.15) is 0 Å². The van der Waals surface area contributed by atoms with E-state index in [1.807, 2.05) is 13.0 Å². The Hall–Kier alpha value is -0.540. The third-order valence-electron chi connectivity index (χ3n) is 1.94. The summed E-state index contributed by atoms with van der Waals surface area (Å²) in [6.45, 7) is 5.73. The fourth-order valence-electron chi connectivity index (χ4n) is 1.21. The highest BCUT2D eigenvalue weighted by molar-refractivity contribution is 6.42. The molecule has 0 radical (unpaired) electrons. The summed E-state index contributed by atoms with van der Waals surface area (Å²) in [5, 5.41) is 1.05. The van der Waals surface area contributed by atoms with Gasteiger partial charge in [-0.05, 0) is 24.6 Å². The second kappa shape index (κ2) is 4.80. The van der Waals surface area contributed by atoms with Gasteiger partial charge in [0.2, 0.25) is 0 Å². The Kier molecular flexibility index (Phi) is 3.96. The van der Waals surface area contributed by atoms with Gasteiger partial charge in [0.15, 0.2) is 0 Å². The van der Waals surface area contributed by atoms with Crippen LogP contribution in [0.3, 0.4) is 0 Å². The Morgan fingerprint density at radius 2 is 2.07 bits per heavy atom. The molecule has 0 amide bonds. The van der Waals surface area contributed by atoms with Gasteiger partial charge in [-0.1, -0.05) is 41.4 Å². The molecule has 1 aromatic rings. The zero-order valence-electron chi connectivity index (χ0n) is 7.85. The summed E-state index contributed by atoms with van der Waals surface area (Å²) in [4.78, 5) is 0. The molecule has 0 spiro atoms. The van der Waals surface area contributed by atoms with Crippen molar-refractivity contribution in [3.8, 4) is 0 Å². The van der Waals surface area contributed by atoms with Crippen LogP contribution in [0, 0.1) is 0 Å². The average Bonchev–Trinajstić information content (AvgIpc) is 2.11. The molecule has 0 aliphatic carbocycles. The molecule has 0 saturated carbocycles. The number of hydrogen-bond donors (Lipinski definition) is 2. The quantitative estimate of drug-likeness (QED) is 0.476. The maximum Gasteiger partial charge on any atom is 0.0665 e. The van der Waals surface area contributed by atoms with Crippen molar-refractivity contribution in [2.24, 2.45) is 5.84 Å². The molecular weight excluding hydrogens is 219 g/mol. The monoisotopic (exact) mass is 230 g/mol. The van der Waals surface area contributed by atoms with Crippen molar-refractivity contribution in [3.05, 3.63) is 46.0 Å². The molecule has 3 N–H and O–H groups in total. The molecular formula is C10H12Cl2N2. The molecule has 4 heteroatoms. The van der Waals surface area contributed by atoms with E-state index in [2.05, 4.69) is 12.0 Å². The first-order valence-electron chi connectivity index (χ1n) is 4.12. The second-order valence-corrected chi connectivity index (χ2v) is 3.93. The van der Waals surface area contributed by atoms with Crippen molar-refractivity contribution in [2.75, 3.05) is 0 Å². The zero-order valence-corrected chi connectivity index (χ0v) is 9.36. The number of hydrazine groups is 1. The van der Waals surface area contributed by atoms with Crippen molar-refractivity contribution in [1.82, 2.24) is 5.43 Å². The van der Waals surface area contributed by atoms with E-state index < -0.39 is 0 Å². The predicted molar refractivity (Wildman–Crippen MR) is 61.3 cm³/mol.